The van der Waals surface area contributed by atoms with Gasteiger partial charge >= 0.3 is 0 Å². The van der Waals surface area contributed by atoms with Crippen molar-refractivity contribution >= 4 is 11.7 Å². The van der Waals surface area contributed by atoms with Crippen LogP contribution in [0.2, 0.25) is 0 Å². The Morgan fingerprint density at radius 2 is 1.93 bits per heavy atom. The topological polar surface area (TPSA) is 63.5 Å². The highest BCUT2D eigenvalue weighted by molar-refractivity contribution is 5.99. The third-order valence-electron chi connectivity index (χ3n) is 5.86. The second-order valence-corrected chi connectivity index (χ2v) is 7.77. The highest BCUT2D eigenvalue weighted by Crippen LogP contribution is 2.21. The van der Waals surface area contributed by atoms with Crippen LogP contribution in [0, 0.1) is 13.8 Å². The molecule has 2 saturated heterocycles. The van der Waals surface area contributed by atoms with Crippen LogP contribution in [-0.2, 0) is 11.3 Å². The maximum absolute atomic E-state index is 13.0. The first kappa shape index (κ1) is 19.1. The summed E-state index contributed by atoms with van der Waals surface area (Å²) in [7, 11) is 0. The summed E-state index contributed by atoms with van der Waals surface area (Å²) in [6, 6.07) is 3.87. The van der Waals surface area contributed by atoms with Gasteiger partial charge in [0.25, 0.3) is 0 Å². The van der Waals surface area contributed by atoms with Gasteiger partial charge in [-0.1, -0.05) is 0 Å². The van der Waals surface area contributed by atoms with Gasteiger partial charge in [-0.2, -0.15) is 0 Å². The molecule has 2 aromatic heterocycles. The van der Waals surface area contributed by atoms with Gasteiger partial charge in [-0.05, 0) is 38.8 Å². The van der Waals surface area contributed by atoms with Crippen LogP contribution in [0.4, 0.5) is 5.95 Å². The lowest BCUT2D eigenvalue weighted by Gasteiger charge is -2.34. The van der Waals surface area contributed by atoms with Crippen molar-refractivity contribution in [2.24, 2.45) is 0 Å². The molecule has 28 heavy (non-hydrogen) atoms. The fraction of sp³-hybridized carbons (Fsp3) is 0.571. The minimum absolute atomic E-state index is 0.205. The van der Waals surface area contributed by atoms with Crippen molar-refractivity contribution in [3.05, 3.63) is 41.5 Å². The number of carbonyl (C=O) groups excluding carboxylic acids is 1. The number of ketones is 1. The standard InChI is InChI=1S/C21H29N5O2/c1-16-13-19(17(2)26(16)14-18-5-3-12-28-18)20(27)15-24-8-10-25(11-9-24)21-22-6-4-7-23-21/h4,6-7,13,18H,3,5,8-12,14-15H2,1-2H3/t18-/m0/s1. The van der Waals surface area contributed by atoms with E-state index in [4.69, 9.17) is 4.74 Å². The molecule has 150 valence electrons. The van der Waals surface area contributed by atoms with Gasteiger partial charge in [0.1, 0.15) is 0 Å². The molecule has 4 heterocycles. The lowest BCUT2D eigenvalue weighted by molar-refractivity contribution is 0.0918. The molecule has 0 amide bonds. The van der Waals surface area contributed by atoms with E-state index >= 15 is 0 Å². The number of ether oxygens (including phenoxy) is 1. The quantitative estimate of drug-likeness (QED) is 0.712. The second-order valence-electron chi connectivity index (χ2n) is 7.77. The molecule has 0 saturated carbocycles. The second kappa shape index (κ2) is 8.41. The van der Waals surface area contributed by atoms with Crippen molar-refractivity contribution in [1.82, 2.24) is 19.4 Å². The van der Waals surface area contributed by atoms with E-state index < -0.39 is 0 Å². The molecule has 7 heteroatoms. The summed E-state index contributed by atoms with van der Waals surface area (Å²) < 4.78 is 8.02. The Morgan fingerprint density at radius 3 is 2.61 bits per heavy atom. The SMILES string of the molecule is Cc1cc(C(=O)CN2CCN(c3ncccn3)CC2)c(C)n1C[C@@H]1CCCO1. The maximum Gasteiger partial charge on any atom is 0.225 e. The number of anilines is 1. The van der Waals surface area contributed by atoms with E-state index in [0.717, 1.165) is 75.1 Å². The predicted molar refractivity (Wildman–Crippen MR) is 108 cm³/mol. The summed E-state index contributed by atoms with van der Waals surface area (Å²) >= 11 is 0. The number of aryl methyl sites for hydroxylation is 1. The van der Waals surface area contributed by atoms with Gasteiger partial charge in [0.2, 0.25) is 5.95 Å². The van der Waals surface area contributed by atoms with E-state index in [2.05, 4.69) is 38.2 Å². The minimum Gasteiger partial charge on any atom is -0.376 e. The molecule has 0 aliphatic carbocycles. The molecule has 0 spiro atoms. The summed E-state index contributed by atoms with van der Waals surface area (Å²) in [4.78, 5) is 26.0. The number of hydrogen-bond acceptors (Lipinski definition) is 6. The first-order valence-corrected chi connectivity index (χ1v) is 10.2. The Morgan fingerprint density at radius 1 is 1.18 bits per heavy atom. The zero-order valence-electron chi connectivity index (χ0n) is 16.8. The van der Waals surface area contributed by atoms with Crippen LogP contribution in [0.3, 0.4) is 0 Å². The Bertz CT molecular complexity index is 806. The summed E-state index contributed by atoms with van der Waals surface area (Å²) in [6.07, 6.45) is 6.06. The normalized spacial score (nSPS) is 20.6. The van der Waals surface area contributed by atoms with Crippen molar-refractivity contribution in [3.63, 3.8) is 0 Å². The molecule has 7 nitrogen and oxygen atoms in total. The van der Waals surface area contributed by atoms with Crippen LogP contribution in [0.1, 0.15) is 34.6 Å². The van der Waals surface area contributed by atoms with Crippen LogP contribution >= 0.6 is 0 Å². The maximum atomic E-state index is 13.0. The van der Waals surface area contributed by atoms with Gasteiger partial charge < -0.3 is 14.2 Å². The lowest BCUT2D eigenvalue weighted by Crippen LogP contribution is -2.48. The Kier molecular flexibility index (Phi) is 5.73. The molecule has 0 N–H and O–H groups in total. The highest BCUT2D eigenvalue weighted by atomic mass is 16.5. The Hall–Kier alpha value is -2.25. The summed E-state index contributed by atoms with van der Waals surface area (Å²) in [5.41, 5.74) is 3.06. The molecule has 4 rings (SSSR count). The monoisotopic (exact) mass is 383 g/mol. The number of piperazine rings is 1. The average molecular weight is 383 g/mol. The van der Waals surface area contributed by atoms with Crippen molar-refractivity contribution in [2.45, 2.75) is 39.3 Å². The number of Topliss-reactive ketones (excluding diaryl/α,β-unsaturated/α-hetero) is 1. The van der Waals surface area contributed by atoms with Gasteiger partial charge in [0, 0.05) is 68.7 Å². The van der Waals surface area contributed by atoms with Crippen molar-refractivity contribution in [2.75, 3.05) is 44.2 Å². The minimum atomic E-state index is 0.205. The molecular weight excluding hydrogens is 354 g/mol. The van der Waals surface area contributed by atoms with E-state index in [-0.39, 0.29) is 11.9 Å². The van der Waals surface area contributed by atoms with Crippen molar-refractivity contribution in [1.29, 1.82) is 0 Å². The zero-order valence-corrected chi connectivity index (χ0v) is 16.8. The number of aromatic nitrogens is 3. The summed E-state index contributed by atoms with van der Waals surface area (Å²) in [5.74, 6) is 0.974. The van der Waals surface area contributed by atoms with Crippen LogP contribution in [0.5, 0.6) is 0 Å². The van der Waals surface area contributed by atoms with E-state index in [1.807, 2.05) is 12.1 Å². The third kappa shape index (κ3) is 4.10. The van der Waals surface area contributed by atoms with E-state index in [0.29, 0.717) is 6.54 Å². The number of rotatable bonds is 6. The molecule has 0 aromatic carbocycles. The summed E-state index contributed by atoms with van der Waals surface area (Å²) in [5, 5.41) is 0. The van der Waals surface area contributed by atoms with Crippen LogP contribution in [-0.4, -0.2) is 70.7 Å². The largest absolute Gasteiger partial charge is 0.376 e. The number of hydrogen-bond donors (Lipinski definition) is 0. The first-order chi connectivity index (χ1) is 13.6. The predicted octanol–water partition coefficient (Wildman–Crippen LogP) is 2.08. The van der Waals surface area contributed by atoms with Crippen LogP contribution in [0.25, 0.3) is 0 Å². The van der Waals surface area contributed by atoms with Crippen LogP contribution < -0.4 is 4.90 Å². The third-order valence-corrected chi connectivity index (χ3v) is 5.86. The average Bonchev–Trinajstić information content (AvgIpc) is 3.33. The summed E-state index contributed by atoms with van der Waals surface area (Å²) in [6.45, 7) is 9.68. The van der Waals surface area contributed by atoms with E-state index in [1.165, 1.54) is 0 Å². The molecule has 0 bridgehead atoms. The molecule has 0 unspecified atom stereocenters. The fourth-order valence-corrected chi connectivity index (χ4v) is 4.21. The van der Waals surface area contributed by atoms with Gasteiger partial charge in [-0.15, -0.1) is 0 Å². The zero-order chi connectivity index (χ0) is 19.5. The fourth-order valence-electron chi connectivity index (χ4n) is 4.21. The van der Waals surface area contributed by atoms with Gasteiger partial charge in [-0.25, -0.2) is 9.97 Å². The Balaban J connectivity index is 1.35. The van der Waals surface area contributed by atoms with Gasteiger partial charge in [0.15, 0.2) is 5.78 Å². The highest BCUT2D eigenvalue weighted by Gasteiger charge is 2.24. The smallest absolute Gasteiger partial charge is 0.225 e. The van der Waals surface area contributed by atoms with E-state index in [1.54, 1.807) is 12.4 Å². The lowest BCUT2D eigenvalue weighted by atomic mass is 10.1. The van der Waals surface area contributed by atoms with Crippen LogP contribution in [0.15, 0.2) is 24.5 Å². The molecule has 2 fully saturated rings. The molecule has 2 aromatic rings. The molecule has 2 aliphatic rings. The van der Waals surface area contributed by atoms with Gasteiger partial charge in [0.05, 0.1) is 12.6 Å². The molecule has 2 aliphatic heterocycles. The number of nitrogens with zero attached hydrogens (tertiary/aromatic N) is 5. The molecule has 1 atom stereocenters. The van der Waals surface area contributed by atoms with Crippen molar-refractivity contribution in [3.8, 4) is 0 Å². The van der Waals surface area contributed by atoms with Gasteiger partial charge in [-0.3, -0.25) is 9.69 Å². The van der Waals surface area contributed by atoms with E-state index in [9.17, 15) is 4.79 Å². The first-order valence-electron chi connectivity index (χ1n) is 10.2. The van der Waals surface area contributed by atoms with Crippen molar-refractivity contribution < 1.29 is 9.53 Å². The molecular formula is C21H29N5O2. The Labute approximate surface area is 166 Å². The number of carbonyl (C=O) groups is 1. The molecule has 0 radical (unpaired) electrons.